The van der Waals surface area contributed by atoms with E-state index in [1.807, 2.05) is 0 Å². The SMILES string of the molecule is Cc1cccc2c1N(C)[C@]1(CCCC(=O)N1)C2(C)C. The van der Waals surface area contributed by atoms with Crippen LogP contribution in [-0.2, 0) is 10.2 Å². The van der Waals surface area contributed by atoms with Gasteiger partial charge >= 0.3 is 0 Å². The highest BCUT2D eigenvalue weighted by Gasteiger charge is 2.57. The number of nitrogens with one attached hydrogen (secondary N) is 1. The van der Waals surface area contributed by atoms with E-state index < -0.39 is 0 Å². The Hall–Kier alpha value is -1.51. The van der Waals surface area contributed by atoms with Crippen molar-refractivity contribution in [3.63, 3.8) is 0 Å². The summed E-state index contributed by atoms with van der Waals surface area (Å²) in [5.74, 6) is 0.177. The fraction of sp³-hybridized carbons (Fsp3) is 0.562. The highest BCUT2D eigenvalue weighted by atomic mass is 16.2. The first kappa shape index (κ1) is 12.5. The van der Waals surface area contributed by atoms with E-state index in [4.69, 9.17) is 0 Å². The number of rotatable bonds is 0. The van der Waals surface area contributed by atoms with Crippen molar-refractivity contribution in [1.82, 2.24) is 5.32 Å². The van der Waals surface area contributed by atoms with E-state index in [9.17, 15) is 4.79 Å². The zero-order chi connectivity index (χ0) is 13.8. The third kappa shape index (κ3) is 1.41. The molecule has 1 aromatic rings. The molecule has 0 aliphatic carbocycles. The number of carbonyl (C=O) groups is 1. The third-order valence-corrected chi connectivity index (χ3v) is 5.14. The molecule has 3 nitrogen and oxygen atoms in total. The molecule has 0 radical (unpaired) electrons. The highest BCUT2D eigenvalue weighted by molar-refractivity contribution is 5.81. The number of likely N-dealkylation sites (N-methyl/N-ethyl adjacent to an activating group) is 1. The number of hydrogen-bond acceptors (Lipinski definition) is 2. The van der Waals surface area contributed by atoms with Gasteiger partial charge in [0.05, 0.1) is 0 Å². The Labute approximate surface area is 115 Å². The molecule has 3 heteroatoms. The van der Waals surface area contributed by atoms with Crippen molar-refractivity contribution >= 4 is 11.6 Å². The monoisotopic (exact) mass is 258 g/mol. The quantitative estimate of drug-likeness (QED) is 0.776. The first-order valence-corrected chi connectivity index (χ1v) is 7.05. The Morgan fingerprint density at radius 2 is 2.05 bits per heavy atom. The van der Waals surface area contributed by atoms with Crippen molar-refractivity contribution < 1.29 is 4.79 Å². The van der Waals surface area contributed by atoms with E-state index in [2.05, 4.69) is 56.2 Å². The number of anilines is 1. The Balaban J connectivity index is 2.20. The standard InChI is InChI=1S/C16H22N2O/c1-11-7-5-8-12-14(11)18(4)16(15(12,2)3)10-6-9-13(19)17-16/h5,7-8H,6,9-10H2,1-4H3,(H,17,19)/t16-/m1/s1. The minimum absolute atomic E-state index is 0.0703. The lowest BCUT2D eigenvalue weighted by molar-refractivity contribution is -0.126. The summed E-state index contributed by atoms with van der Waals surface area (Å²) in [6.07, 6.45) is 2.63. The molecule has 3 rings (SSSR count). The van der Waals surface area contributed by atoms with Gasteiger partial charge in [0.25, 0.3) is 0 Å². The summed E-state index contributed by atoms with van der Waals surface area (Å²) in [6.45, 7) is 6.65. The van der Waals surface area contributed by atoms with Crippen LogP contribution in [0.4, 0.5) is 5.69 Å². The second-order valence-corrected chi connectivity index (χ2v) is 6.42. The van der Waals surface area contributed by atoms with Crippen LogP contribution >= 0.6 is 0 Å². The van der Waals surface area contributed by atoms with E-state index in [-0.39, 0.29) is 17.0 Å². The summed E-state index contributed by atoms with van der Waals surface area (Å²) < 4.78 is 0. The van der Waals surface area contributed by atoms with Crippen molar-refractivity contribution in [2.45, 2.75) is 51.1 Å². The average Bonchev–Trinajstić information content (AvgIpc) is 2.51. The number of amides is 1. The van der Waals surface area contributed by atoms with Crippen LogP contribution in [0.1, 0.15) is 44.2 Å². The molecule has 1 fully saturated rings. The molecule has 19 heavy (non-hydrogen) atoms. The van der Waals surface area contributed by atoms with Gasteiger partial charge in [-0.1, -0.05) is 32.0 Å². The largest absolute Gasteiger partial charge is 0.351 e. The minimum atomic E-state index is -0.267. The maximum atomic E-state index is 12.0. The molecule has 0 saturated carbocycles. The predicted molar refractivity (Wildman–Crippen MR) is 77.3 cm³/mol. The Morgan fingerprint density at radius 1 is 1.32 bits per heavy atom. The molecule has 1 N–H and O–H groups in total. The Morgan fingerprint density at radius 3 is 2.68 bits per heavy atom. The van der Waals surface area contributed by atoms with Gasteiger partial charge in [-0.15, -0.1) is 0 Å². The molecular formula is C16H22N2O. The lowest BCUT2D eigenvalue weighted by atomic mass is 9.72. The van der Waals surface area contributed by atoms with Crippen molar-refractivity contribution in [3.8, 4) is 0 Å². The lowest BCUT2D eigenvalue weighted by Crippen LogP contribution is -2.67. The first-order valence-electron chi connectivity index (χ1n) is 7.05. The fourth-order valence-electron chi connectivity index (χ4n) is 4.02. The van der Waals surface area contributed by atoms with Crippen LogP contribution in [0.25, 0.3) is 0 Å². The molecule has 1 spiro atoms. The number of piperidine rings is 1. The summed E-state index contributed by atoms with van der Waals surface area (Å²) in [4.78, 5) is 14.3. The molecule has 0 bridgehead atoms. The zero-order valence-electron chi connectivity index (χ0n) is 12.2. The van der Waals surface area contributed by atoms with Crippen LogP contribution in [0.2, 0.25) is 0 Å². The van der Waals surface area contributed by atoms with Crippen LogP contribution in [0.3, 0.4) is 0 Å². The first-order chi connectivity index (χ1) is 8.90. The van der Waals surface area contributed by atoms with Gasteiger partial charge in [-0.05, 0) is 30.9 Å². The maximum absolute atomic E-state index is 12.0. The van der Waals surface area contributed by atoms with Gasteiger partial charge in [-0.25, -0.2) is 0 Å². The van der Waals surface area contributed by atoms with Crippen molar-refractivity contribution in [1.29, 1.82) is 0 Å². The van der Waals surface area contributed by atoms with Gasteiger partial charge in [-0.3, -0.25) is 4.79 Å². The summed E-state index contributed by atoms with van der Waals surface area (Å²) in [5.41, 5.74) is 3.58. The molecule has 2 aliphatic heterocycles. The van der Waals surface area contributed by atoms with Crippen LogP contribution < -0.4 is 10.2 Å². The lowest BCUT2D eigenvalue weighted by Gasteiger charge is -2.49. The van der Waals surface area contributed by atoms with Crippen molar-refractivity contribution in [2.24, 2.45) is 0 Å². The summed E-state index contributed by atoms with van der Waals surface area (Å²) in [7, 11) is 2.12. The Kier molecular flexibility index (Phi) is 2.47. The second-order valence-electron chi connectivity index (χ2n) is 6.42. The summed E-state index contributed by atoms with van der Waals surface area (Å²) in [6, 6.07) is 6.47. The topological polar surface area (TPSA) is 32.3 Å². The third-order valence-electron chi connectivity index (χ3n) is 5.14. The van der Waals surface area contributed by atoms with Crippen LogP contribution in [0.5, 0.6) is 0 Å². The van der Waals surface area contributed by atoms with Crippen LogP contribution in [0.15, 0.2) is 18.2 Å². The summed E-state index contributed by atoms with van der Waals surface area (Å²) in [5, 5.41) is 3.29. The van der Waals surface area contributed by atoms with E-state index >= 15 is 0 Å². The average molecular weight is 258 g/mol. The van der Waals surface area contributed by atoms with Crippen molar-refractivity contribution in [3.05, 3.63) is 29.3 Å². The van der Waals surface area contributed by atoms with Gasteiger partial charge in [0, 0.05) is 24.6 Å². The van der Waals surface area contributed by atoms with E-state index in [0.717, 1.165) is 12.8 Å². The van der Waals surface area contributed by atoms with Crippen LogP contribution in [0, 0.1) is 6.92 Å². The molecule has 2 heterocycles. The maximum Gasteiger partial charge on any atom is 0.221 e. The zero-order valence-corrected chi connectivity index (χ0v) is 12.2. The molecule has 1 saturated heterocycles. The molecular weight excluding hydrogens is 236 g/mol. The smallest absolute Gasteiger partial charge is 0.221 e. The molecule has 2 aliphatic rings. The highest BCUT2D eigenvalue weighted by Crippen LogP contribution is 2.53. The number of fused-ring (bicyclic) bond motifs is 1. The van der Waals surface area contributed by atoms with Gasteiger partial charge < -0.3 is 10.2 Å². The van der Waals surface area contributed by atoms with Crippen molar-refractivity contribution in [2.75, 3.05) is 11.9 Å². The Bertz CT molecular complexity index is 550. The molecule has 1 amide bonds. The van der Waals surface area contributed by atoms with E-state index in [1.165, 1.54) is 16.8 Å². The summed E-state index contributed by atoms with van der Waals surface area (Å²) >= 11 is 0. The van der Waals surface area contributed by atoms with Gasteiger partial charge in [0.2, 0.25) is 5.91 Å². The molecule has 0 unspecified atom stereocenters. The van der Waals surface area contributed by atoms with Gasteiger partial charge in [-0.2, -0.15) is 0 Å². The minimum Gasteiger partial charge on any atom is -0.351 e. The van der Waals surface area contributed by atoms with Gasteiger partial charge in [0.15, 0.2) is 0 Å². The number of benzene rings is 1. The predicted octanol–water partition coefficient (Wildman–Crippen LogP) is 2.72. The van der Waals surface area contributed by atoms with E-state index in [1.54, 1.807) is 0 Å². The van der Waals surface area contributed by atoms with Gasteiger partial charge in [0.1, 0.15) is 5.66 Å². The number of hydrogen-bond donors (Lipinski definition) is 1. The number of nitrogens with zero attached hydrogens (tertiary/aromatic N) is 1. The second kappa shape index (κ2) is 3.75. The molecule has 1 atom stereocenters. The molecule has 0 aromatic heterocycles. The van der Waals surface area contributed by atoms with Crippen LogP contribution in [-0.4, -0.2) is 18.6 Å². The fourth-order valence-corrected chi connectivity index (χ4v) is 4.02. The molecule has 1 aromatic carbocycles. The molecule has 102 valence electrons. The van der Waals surface area contributed by atoms with E-state index in [0.29, 0.717) is 6.42 Å². The number of carbonyl (C=O) groups excluding carboxylic acids is 1. The normalized spacial score (nSPS) is 28.4. The number of para-hydroxylation sites is 1. The number of aryl methyl sites for hydroxylation is 1.